The molecule has 0 aromatic heterocycles. The van der Waals surface area contributed by atoms with Crippen molar-refractivity contribution in [3.05, 3.63) is 29.8 Å². The number of likely N-dealkylation sites (N-methyl/N-ethyl adjacent to an activating group) is 1. The summed E-state index contributed by atoms with van der Waals surface area (Å²) in [6, 6.07) is 8.90. The molecule has 21 heavy (non-hydrogen) atoms. The van der Waals surface area contributed by atoms with E-state index in [4.69, 9.17) is 0 Å². The molecule has 4 heteroatoms. The van der Waals surface area contributed by atoms with Crippen molar-refractivity contribution in [3.63, 3.8) is 0 Å². The predicted octanol–water partition coefficient (Wildman–Crippen LogP) is 1.98. The maximum absolute atomic E-state index is 12.1. The second kappa shape index (κ2) is 6.94. The lowest BCUT2D eigenvalue weighted by atomic mass is 10.2. The molecule has 0 N–H and O–H groups in total. The van der Waals surface area contributed by atoms with Crippen LogP contribution in [0.25, 0.3) is 0 Å². The van der Waals surface area contributed by atoms with Crippen LogP contribution in [0.4, 0.5) is 5.69 Å². The van der Waals surface area contributed by atoms with E-state index < -0.39 is 0 Å². The number of anilines is 1. The molecule has 0 saturated carbocycles. The molecule has 0 aliphatic carbocycles. The number of hydrogen-bond donors (Lipinski definition) is 0. The van der Waals surface area contributed by atoms with E-state index in [0.29, 0.717) is 6.54 Å². The number of carbonyl (C=O) groups is 1. The van der Waals surface area contributed by atoms with Crippen molar-refractivity contribution >= 4 is 11.6 Å². The fourth-order valence-electron chi connectivity index (χ4n) is 2.58. The molecule has 1 aliphatic heterocycles. The van der Waals surface area contributed by atoms with Crippen LogP contribution in [0, 0.1) is 6.92 Å². The van der Waals surface area contributed by atoms with E-state index in [9.17, 15) is 4.79 Å². The Kier molecular flexibility index (Phi) is 5.23. The van der Waals surface area contributed by atoms with E-state index in [1.54, 1.807) is 0 Å². The molecule has 1 aliphatic rings. The van der Waals surface area contributed by atoms with Gasteiger partial charge in [0.05, 0.1) is 6.54 Å². The zero-order valence-electron chi connectivity index (χ0n) is 13.7. The molecule has 1 fully saturated rings. The quantitative estimate of drug-likeness (QED) is 0.848. The highest BCUT2D eigenvalue weighted by Crippen LogP contribution is 2.17. The van der Waals surface area contributed by atoms with Crippen LogP contribution in [0.15, 0.2) is 24.3 Å². The van der Waals surface area contributed by atoms with E-state index in [0.717, 1.165) is 26.2 Å². The van der Waals surface area contributed by atoms with Gasteiger partial charge in [-0.15, -0.1) is 0 Å². The van der Waals surface area contributed by atoms with Crippen molar-refractivity contribution in [1.29, 1.82) is 0 Å². The maximum Gasteiger partial charge on any atom is 0.236 e. The van der Waals surface area contributed by atoms with Crippen molar-refractivity contribution in [2.45, 2.75) is 26.8 Å². The molecule has 2 rings (SSSR count). The lowest BCUT2D eigenvalue weighted by Crippen LogP contribution is -2.50. The van der Waals surface area contributed by atoms with Crippen LogP contribution in [0.1, 0.15) is 19.4 Å². The minimum absolute atomic E-state index is 0.217. The summed E-state index contributed by atoms with van der Waals surface area (Å²) in [5.74, 6) is 0.217. The summed E-state index contributed by atoms with van der Waals surface area (Å²) in [6.45, 7) is 10.6. The van der Waals surface area contributed by atoms with Gasteiger partial charge >= 0.3 is 0 Å². The van der Waals surface area contributed by atoms with Crippen molar-refractivity contribution in [1.82, 2.24) is 9.80 Å². The zero-order valence-corrected chi connectivity index (χ0v) is 13.7. The van der Waals surface area contributed by atoms with Gasteiger partial charge in [0.1, 0.15) is 0 Å². The Morgan fingerprint density at radius 1 is 1.24 bits per heavy atom. The second-order valence-corrected chi connectivity index (χ2v) is 6.20. The van der Waals surface area contributed by atoms with Gasteiger partial charge in [-0.3, -0.25) is 9.69 Å². The number of hydrogen-bond acceptors (Lipinski definition) is 3. The molecule has 0 atom stereocenters. The average molecular weight is 289 g/mol. The van der Waals surface area contributed by atoms with Gasteiger partial charge in [0, 0.05) is 45.0 Å². The molecule has 4 nitrogen and oxygen atoms in total. The predicted molar refractivity (Wildman–Crippen MR) is 87.7 cm³/mol. The number of benzene rings is 1. The summed E-state index contributed by atoms with van der Waals surface area (Å²) in [7, 11) is 1.88. The lowest BCUT2D eigenvalue weighted by molar-refractivity contribution is -0.132. The number of amides is 1. The fraction of sp³-hybridized carbons (Fsp3) is 0.588. The highest BCUT2D eigenvalue weighted by atomic mass is 16.2. The molecule has 1 aromatic carbocycles. The molecular formula is C17H27N3O. The topological polar surface area (TPSA) is 26.8 Å². The van der Waals surface area contributed by atoms with Gasteiger partial charge in [-0.25, -0.2) is 0 Å². The van der Waals surface area contributed by atoms with E-state index in [1.165, 1.54) is 11.3 Å². The third kappa shape index (κ3) is 4.21. The van der Waals surface area contributed by atoms with Gasteiger partial charge in [-0.05, 0) is 38.5 Å². The van der Waals surface area contributed by atoms with Gasteiger partial charge in [-0.1, -0.05) is 12.1 Å². The molecule has 0 spiro atoms. The van der Waals surface area contributed by atoms with Crippen LogP contribution in [0.2, 0.25) is 0 Å². The second-order valence-electron chi connectivity index (χ2n) is 6.20. The van der Waals surface area contributed by atoms with Gasteiger partial charge in [0.2, 0.25) is 5.91 Å². The van der Waals surface area contributed by atoms with E-state index in [1.807, 2.05) is 25.8 Å². The Balaban J connectivity index is 1.85. The Labute approximate surface area is 128 Å². The van der Waals surface area contributed by atoms with Crippen molar-refractivity contribution < 1.29 is 4.79 Å². The highest BCUT2D eigenvalue weighted by molar-refractivity contribution is 5.78. The normalized spacial score (nSPS) is 16.3. The summed E-state index contributed by atoms with van der Waals surface area (Å²) in [6.07, 6.45) is 0. The van der Waals surface area contributed by atoms with Gasteiger partial charge in [-0.2, -0.15) is 0 Å². The molecular weight excluding hydrogens is 262 g/mol. The van der Waals surface area contributed by atoms with Crippen molar-refractivity contribution in [2.24, 2.45) is 0 Å². The van der Waals surface area contributed by atoms with Crippen LogP contribution >= 0.6 is 0 Å². The van der Waals surface area contributed by atoms with Crippen LogP contribution < -0.4 is 4.90 Å². The number of piperazine rings is 1. The standard InChI is InChI=1S/C17H27N3O/c1-14(2)18(4)17(21)13-19-8-10-20(11-9-19)16-7-5-6-15(3)12-16/h5-7,12,14H,8-11,13H2,1-4H3. The molecule has 0 bridgehead atoms. The Morgan fingerprint density at radius 2 is 1.90 bits per heavy atom. The zero-order chi connectivity index (χ0) is 15.4. The fourth-order valence-corrected chi connectivity index (χ4v) is 2.58. The maximum atomic E-state index is 12.1. The Hall–Kier alpha value is -1.55. The van der Waals surface area contributed by atoms with Gasteiger partial charge in [0.25, 0.3) is 0 Å². The first-order valence-corrected chi connectivity index (χ1v) is 7.77. The largest absolute Gasteiger partial charge is 0.369 e. The SMILES string of the molecule is Cc1cccc(N2CCN(CC(=O)N(C)C(C)C)CC2)c1. The van der Waals surface area contributed by atoms with Gasteiger partial charge < -0.3 is 9.80 Å². The number of rotatable bonds is 4. The molecule has 1 aromatic rings. The molecule has 1 amide bonds. The lowest BCUT2D eigenvalue weighted by Gasteiger charge is -2.36. The van der Waals surface area contributed by atoms with Crippen LogP contribution in [-0.2, 0) is 4.79 Å². The molecule has 0 radical (unpaired) electrons. The first-order valence-electron chi connectivity index (χ1n) is 7.77. The minimum atomic E-state index is 0.217. The molecule has 1 heterocycles. The Bertz CT molecular complexity index is 479. The highest BCUT2D eigenvalue weighted by Gasteiger charge is 2.21. The van der Waals surface area contributed by atoms with Crippen LogP contribution in [0.5, 0.6) is 0 Å². The van der Waals surface area contributed by atoms with E-state index in [-0.39, 0.29) is 11.9 Å². The monoisotopic (exact) mass is 289 g/mol. The summed E-state index contributed by atoms with van der Waals surface area (Å²) in [5.41, 5.74) is 2.59. The first kappa shape index (κ1) is 15.8. The molecule has 116 valence electrons. The number of nitrogens with zero attached hydrogens (tertiary/aromatic N) is 3. The van der Waals surface area contributed by atoms with Crippen LogP contribution in [-0.4, -0.2) is 61.5 Å². The molecule has 0 unspecified atom stereocenters. The third-order valence-corrected chi connectivity index (χ3v) is 4.27. The number of carbonyl (C=O) groups excluding carboxylic acids is 1. The van der Waals surface area contributed by atoms with Crippen molar-refractivity contribution in [3.8, 4) is 0 Å². The summed E-state index contributed by atoms with van der Waals surface area (Å²) >= 11 is 0. The van der Waals surface area contributed by atoms with Gasteiger partial charge in [0.15, 0.2) is 0 Å². The summed E-state index contributed by atoms with van der Waals surface area (Å²) in [5, 5.41) is 0. The summed E-state index contributed by atoms with van der Waals surface area (Å²) < 4.78 is 0. The van der Waals surface area contributed by atoms with Crippen molar-refractivity contribution in [2.75, 3.05) is 44.7 Å². The smallest absolute Gasteiger partial charge is 0.236 e. The minimum Gasteiger partial charge on any atom is -0.369 e. The first-order chi connectivity index (χ1) is 9.97. The van der Waals surface area contributed by atoms with E-state index >= 15 is 0 Å². The summed E-state index contributed by atoms with van der Waals surface area (Å²) in [4.78, 5) is 18.6. The Morgan fingerprint density at radius 3 is 2.48 bits per heavy atom. The van der Waals surface area contributed by atoms with Crippen LogP contribution in [0.3, 0.4) is 0 Å². The average Bonchev–Trinajstić information content (AvgIpc) is 2.47. The third-order valence-electron chi connectivity index (χ3n) is 4.27. The van der Waals surface area contributed by atoms with E-state index in [2.05, 4.69) is 41.0 Å². The number of aryl methyl sites for hydroxylation is 1. The molecule has 1 saturated heterocycles.